The molecule has 1 N–H and O–H groups in total. The second kappa shape index (κ2) is 6.35. The Balaban J connectivity index is 2.31. The molecule has 1 aromatic heterocycles. The minimum absolute atomic E-state index is 0.429. The minimum atomic E-state index is -0.492. The number of hydrogen-bond donors (Lipinski definition) is 1. The first-order valence-electron chi connectivity index (χ1n) is 5.11. The van der Waals surface area contributed by atoms with Crippen molar-refractivity contribution < 1.29 is 9.59 Å². The topological polar surface area (TPSA) is 46.2 Å². The van der Waals surface area contributed by atoms with E-state index in [4.69, 9.17) is 0 Å². The largest absolute Gasteiger partial charge is 0.349 e. The summed E-state index contributed by atoms with van der Waals surface area (Å²) in [5.41, 5.74) is 0. The molecular weight excluding hydrogens is 210 g/mol. The molecule has 82 valence electrons. The number of carbonyl (C=O) groups is 2. The van der Waals surface area contributed by atoms with Crippen LogP contribution in [0.3, 0.4) is 0 Å². The lowest BCUT2D eigenvalue weighted by molar-refractivity contribution is -0.116. The molecule has 0 saturated heterocycles. The molecule has 0 aliphatic carbocycles. The number of hydrogen-bond acceptors (Lipinski definition) is 3. The first-order valence-corrected chi connectivity index (χ1v) is 5.99. The standard InChI is InChI=1S/C11H15NO2S/c1-2-3-4-7-12-11(14)10(13)9-6-5-8-15-9/h5-6,8H,2-4,7H2,1H3,(H,12,14). The van der Waals surface area contributed by atoms with Gasteiger partial charge in [-0.3, -0.25) is 9.59 Å². The van der Waals surface area contributed by atoms with Gasteiger partial charge in [0.15, 0.2) is 0 Å². The van der Waals surface area contributed by atoms with Crippen LogP contribution >= 0.6 is 11.3 Å². The summed E-state index contributed by atoms with van der Waals surface area (Å²) in [4.78, 5) is 23.3. The van der Waals surface area contributed by atoms with Crippen molar-refractivity contribution in [2.75, 3.05) is 6.54 Å². The van der Waals surface area contributed by atoms with E-state index in [9.17, 15) is 9.59 Å². The molecule has 0 aliphatic rings. The van der Waals surface area contributed by atoms with Crippen LogP contribution in [0.2, 0.25) is 0 Å². The zero-order chi connectivity index (χ0) is 11.1. The summed E-state index contributed by atoms with van der Waals surface area (Å²) in [6.07, 6.45) is 3.11. The highest BCUT2D eigenvalue weighted by Crippen LogP contribution is 2.08. The Morgan fingerprint density at radius 1 is 1.40 bits per heavy atom. The summed E-state index contributed by atoms with van der Waals surface area (Å²) < 4.78 is 0. The van der Waals surface area contributed by atoms with Crippen LogP contribution in [-0.4, -0.2) is 18.2 Å². The first-order chi connectivity index (χ1) is 7.25. The van der Waals surface area contributed by atoms with Gasteiger partial charge in [0, 0.05) is 6.54 Å². The van der Waals surface area contributed by atoms with Gasteiger partial charge in [0.25, 0.3) is 11.7 Å². The lowest BCUT2D eigenvalue weighted by Gasteiger charge is -2.01. The number of thiophene rings is 1. The van der Waals surface area contributed by atoms with E-state index in [2.05, 4.69) is 12.2 Å². The normalized spacial score (nSPS) is 9.93. The highest BCUT2D eigenvalue weighted by atomic mass is 32.1. The van der Waals surface area contributed by atoms with Crippen LogP contribution in [0.25, 0.3) is 0 Å². The molecule has 0 saturated carbocycles. The zero-order valence-electron chi connectivity index (χ0n) is 8.79. The molecule has 0 unspecified atom stereocenters. The van der Waals surface area contributed by atoms with Gasteiger partial charge < -0.3 is 5.32 Å². The van der Waals surface area contributed by atoms with Crippen molar-refractivity contribution in [3.8, 4) is 0 Å². The molecule has 1 amide bonds. The maximum Gasteiger partial charge on any atom is 0.293 e. The van der Waals surface area contributed by atoms with Crippen LogP contribution in [0, 0.1) is 0 Å². The number of nitrogens with one attached hydrogen (secondary N) is 1. The second-order valence-corrected chi connectivity index (χ2v) is 4.22. The molecule has 4 heteroatoms. The van der Waals surface area contributed by atoms with Crippen molar-refractivity contribution >= 4 is 23.0 Å². The Labute approximate surface area is 93.5 Å². The molecule has 0 radical (unpaired) electrons. The Kier molecular flexibility index (Phi) is 5.04. The summed E-state index contributed by atoms with van der Waals surface area (Å²) >= 11 is 1.29. The van der Waals surface area contributed by atoms with Gasteiger partial charge in [0.2, 0.25) is 0 Å². The molecule has 0 atom stereocenters. The third-order valence-electron chi connectivity index (χ3n) is 2.02. The lowest BCUT2D eigenvalue weighted by Crippen LogP contribution is -2.31. The molecule has 1 heterocycles. The number of Topliss-reactive ketones (excluding diaryl/α,β-unsaturated/α-hetero) is 1. The van der Waals surface area contributed by atoms with Gasteiger partial charge in [0.1, 0.15) is 0 Å². The van der Waals surface area contributed by atoms with Gasteiger partial charge in [-0.2, -0.15) is 0 Å². The van der Waals surface area contributed by atoms with Crippen LogP contribution in [0.5, 0.6) is 0 Å². The van der Waals surface area contributed by atoms with Gasteiger partial charge in [-0.05, 0) is 17.9 Å². The third-order valence-corrected chi connectivity index (χ3v) is 2.89. The highest BCUT2D eigenvalue weighted by Gasteiger charge is 2.15. The number of unbranched alkanes of at least 4 members (excludes halogenated alkanes) is 2. The molecule has 0 bridgehead atoms. The summed E-state index contributed by atoms with van der Waals surface area (Å²) in [6, 6.07) is 3.43. The Hall–Kier alpha value is -1.16. The molecule has 0 fully saturated rings. The lowest BCUT2D eigenvalue weighted by atomic mass is 10.2. The van der Waals surface area contributed by atoms with E-state index >= 15 is 0 Å². The average Bonchev–Trinajstić information content (AvgIpc) is 2.76. The first kappa shape index (κ1) is 11.9. The predicted octanol–water partition coefficient (Wildman–Crippen LogP) is 2.24. The predicted molar refractivity (Wildman–Crippen MR) is 61.2 cm³/mol. The van der Waals surface area contributed by atoms with E-state index in [1.807, 2.05) is 0 Å². The van der Waals surface area contributed by atoms with Gasteiger partial charge in [-0.1, -0.05) is 25.8 Å². The van der Waals surface area contributed by atoms with Crippen LogP contribution < -0.4 is 5.32 Å². The summed E-state index contributed by atoms with van der Waals surface area (Å²) in [5.74, 6) is -0.921. The molecule has 1 rings (SSSR count). The van der Waals surface area contributed by atoms with E-state index in [1.54, 1.807) is 17.5 Å². The van der Waals surface area contributed by atoms with Crippen LogP contribution in [0.1, 0.15) is 35.9 Å². The zero-order valence-corrected chi connectivity index (χ0v) is 9.60. The molecule has 0 spiro atoms. The van der Waals surface area contributed by atoms with E-state index in [0.29, 0.717) is 11.4 Å². The Bertz CT molecular complexity index is 319. The van der Waals surface area contributed by atoms with Gasteiger partial charge >= 0.3 is 0 Å². The van der Waals surface area contributed by atoms with Gasteiger partial charge in [-0.25, -0.2) is 0 Å². The van der Waals surface area contributed by atoms with Crippen molar-refractivity contribution in [1.82, 2.24) is 5.32 Å². The van der Waals surface area contributed by atoms with Crippen molar-refractivity contribution in [3.05, 3.63) is 22.4 Å². The van der Waals surface area contributed by atoms with Crippen molar-refractivity contribution in [2.45, 2.75) is 26.2 Å². The number of rotatable bonds is 6. The third kappa shape index (κ3) is 3.83. The number of carbonyl (C=O) groups excluding carboxylic acids is 2. The monoisotopic (exact) mass is 225 g/mol. The molecule has 3 nitrogen and oxygen atoms in total. The molecule has 0 aromatic carbocycles. The SMILES string of the molecule is CCCCCNC(=O)C(=O)c1cccs1. The fourth-order valence-corrected chi connectivity index (χ4v) is 1.84. The second-order valence-electron chi connectivity index (χ2n) is 3.27. The highest BCUT2D eigenvalue weighted by molar-refractivity contribution is 7.13. The molecule has 15 heavy (non-hydrogen) atoms. The molecular formula is C11H15NO2S. The van der Waals surface area contributed by atoms with Gasteiger partial charge in [-0.15, -0.1) is 11.3 Å². The van der Waals surface area contributed by atoms with Crippen molar-refractivity contribution in [1.29, 1.82) is 0 Å². The van der Waals surface area contributed by atoms with Crippen LogP contribution in [0.15, 0.2) is 17.5 Å². The minimum Gasteiger partial charge on any atom is -0.349 e. The van der Waals surface area contributed by atoms with Crippen LogP contribution in [0.4, 0.5) is 0 Å². The van der Waals surface area contributed by atoms with E-state index in [0.717, 1.165) is 19.3 Å². The van der Waals surface area contributed by atoms with Crippen LogP contribution in [-0.2, 0) is 4.79 Å². The fraction of sp³-hybridized carbons (Fsp3) is 0.455. The molecule has 0 aliphatic heterocycles. The fourth-order valence-electron chi connectivity index (χ4n) is 1.18. The summed E-state index contributed by atoms with van der Waals surface area (Å²) in [6.45, 7) is 2.68. The van der Waals surface area contributed by atoms with Crippen molar-refractivity contribution in [3.63, 3.8) is 0 Å². The summed E-state index contributed by atoms with van der Waals surface area (Å²) in [7, 11) is 0. The molecule has 1 aromatic rings. The maximum atomic E-state index is 11.5. The van der Waals surface area contributed by atoms with E-state index in [-0.39, 0.29) is 0 Å². The van der Waals surface area contributed by atoms with Crippen molar-refractivity contribution in [2.24, 2.45) is 0 Å². The quantitative estimate of drug-likeness (QED) is 0.458. The van der Waals surface area contributed by atoms with Gasteiger partial charge in [0.05, 0.1) is 4.88 Å². The average molecular weight is 225 g/mol. The Morgan fingerprint density at radius 3 is 2.80 bits per heavy atom. The van der Waals surface area contributed by atoms with E-state index < -0.39 is 11.7 Å². The number of amides is 1. The maximum absolute atomic E-state index is 11.5. The Morgan fingerprint density at radius 2 is 2.20 bits per heavy atom. The number of ketones is 1. The summed E-state index contributed by atoms with van der Waals surface area (Å²) in [5, 5.41) is 4.41. The van der Waals surface area contributed by atoms with E-state index in [1.165, 1.54) is 11.3 Å². The smallest absolute Gasteiger partial charge is 0.293 e.